The third kappa shape index (κ3) is 2.22. The van der Waals surface area contributed by atoms with Gasteiger partial charge in [-0.1, -0.05) is 18.2 Å². The summed E-state index contributed by atoms with van der Waals surface area (Å²) in [5.74, 6) is 1.99. The van der Waals surface area contributed by atoms with E-state index in [9.17, 15) is 0 Å². The highest BCUT2D eigenvalue weighted by atomic mass is 16.5. The lowest BCUT2D eigenvalue weighted by Crippen LogP contribution is -1.98. The van der Waals surface area contributed by atoms with E-state index in [4.69, 9.17) is 4.74 Å². The van der Waals surface area contributed by atoms with Crippen LogP contribution in [0.3, 0.4) is 0 Å². The fourth-order valence-electron chi connectivity index (χ4n) is 1.55. The van der Waals surface area contributed by atoms with Gasteiger partial charge in [-0.05, 0) is 30.3 Å². The molecule has 4 heteroatoms. The highest BCUT2D eigenvalue weighted by Crippen LogP contribution is 2.19. The molecule has 0 N–H and O–H groups in total. The maximum absolute atomic E-state index is 5.64. The third-order valence-electron chi connectivity index (χ3n) is 2.36. The van der Waals surface area contributed by atoms with Crippen LogP contribution in [0.15, 0.2) is 60.9 Å². The van der Waals surface area contributed by atoms with Crippen molar-refractivity contribution in [3.8, 4) is 17.4 Å². The van der Waals surface area contributed by atoms with Crippen LogP contribution in [0.2, 0.25) is 0 Å². The van der Waals surface area contributed by atoms with E-state index in [0.29, 0.717) is 5.88 Å². The van der Waals surface area contributed by atoms with Crippen LogP contribution in [0.25, 0.3) is 5.82 Å². The van der Waals surface area contributed by atoms with Crippen LogP contribution < -0.4 is 4.74 Å². The van der Waals surface area contributed by atoms with Gasteiger partial charge in [0.05, 0.1) is 0 Å². The molecular weight excluding hydrogens is 226 g/mol. The van der Waals surface area contributed by atoms with Crippen LogP contribution in [0, 0.1) is 6.07 Å². The Hall–Kier alpha value is -2.62. The second-order valence-electron chi connectivity index (χ2n) is 3.62. The molecule has 1 aromatic carbocycles. The van der Waals surface area contributed by atoms with Crippen LogP contribution in [0.5, 0.6) is 11.6 Å². The highest BCUT2D eigenvalue weighted by Gasteiger charge is 2.01. The van der Waals surface area contributed by atoms with Crippen LogP contribution in [0.1, 0.15) is 0 Å². The normalized spacial score (nSPS) is 10.2. The van der Waals surface area contributed by atoms with Gasteiger partial charge in [-0.2, -0.15) is 10.1 Å². The summed E-state index contributed by atoms with van der Waals surface area (Å²) in [6, 6.07) is 17.6. The molecule has 1 radical (unpaired) electrons. The van der Waals surface area contributed by atoms with Gasteiger partial charge in [0, 0.05) is 18.5 Å². The monoisotopic (exact) mass is 236 g/mol. The van der Waals surface area contributed by atoms with Crippen molar-refractivity contribution in [3.05, 3.63) is 67.0 Å². The number of rotatable bonds is 3. The van der Waals surface area contributed by atoms with Gasteiger partial charge in [0.25, 0.3) is 0 Å². The van der Waals surface area contributed by atoms with E-state index in [1.165, 1.54) is 0 Å². The molecule has 0 fully saturated rings. The zero-order valence-corrected chi connectivity index (χ0v) is 9.52. The second-order valence-corrected chi connectivity index (χ2v) is 3.62. The van der Waals surface area contributed by atoms with Crippen LogP contribution in [-0.4, -0.2) is 14.8 Å². The topological polar surface area (TPSA) is 39.9 Å². The van der Waals surface area contributed by atoms with E-state index in [0.717, 1.165) is 11.6 Å². The van der Waals surface area contributed by atoms with Gasteiger partial charge in [-0.25, -0.2) is 4.68 Å². The zero-order valence-electron chi connectivity index (χ0n) is 9.52. The number of pyridine rings is 1. The zero-order chi connectivity index (χ0) is 12.2. The van der Waals surface area contributed by atoms with E-state index < -0.39 is 0 Å². The van der Waals surface area contributed by atoms with Crippen molar-refractivity contribution < 1.29 is 4.74 Å². The number of ether oxygens (including phenoxy) is 1. The largest absolute Gasteiger partial charge is 0.439 e. The van der Waals surface area contributed by atoms with Crippen molar-refractivity contribution in [1.29, 1.82) is 0 Å². The third-order valence-corrected chi connectivity index (χ3v) is 2.36. The number of hydrogen-bond donors (Lipinski definition) is 0. The SMILES string of the molecule is [c]1ccc(Oc2cccc(-n3cccn3)n2)cc1. The Bertz CT molecular complexity index is 621. The first-order valence-corrected chi connectivity index (χ1v) is 5.53. The van der Waals surface area contributed by atoms with Gasteiger partial charge in [-0.3, -0.25) is 0 Å². The second kappa shape index (κ2) is 4.71. The van der Waals surface area contributed by atoms with Crippen LogP contribution in [0.4, 0.5) is 0 Å². The molecule has 0 unspecified atom stereocenters. The summed E-state index contributed by atoms with van der Waals surface area (Å²) >= 11 is 0. The summed E-state index contributed by atoms with van der Waals surface area (Å²) in [5, 5.41) is 4.13. The van der Waals surface area contributed by atoms with Gasteiger partial charge in [-0.15, -0.1) is 0 Å². The first-order valence-electron chi connectivity index (χ1n) is 5.53. The fraction of sp³-hybridized carbons (Fsp3) is 0. The predicted octanol–water partition coefficient (Wildman–Crippen LogP) is 2.86. The molecule has 0 aliphatic rings. The summed E-state index contributed by atoms with van der Waals surface area (Å²) in [6.07, 6.45) is 3.55. The lowest BCUT2D eigenvalue weighted by molar-refractivity contribution is 0.461. The number of nitrogens with zero attached hydrogens (tertiary/aromatic N) is 3. The maximum atomic E-state index is 5.64. The van der Waals surface area contributed by atoms with Crippen molar-refractivity contribution in [3.63, 3.8) is 0 Å². The Morgan fingerprint density at radius 1 is 1.06 bits per heavy atom. The van der Waals surface area contributed by atoms with Gasteiger partial charge in [0.1, 0.15) is 5.75 Å². The molecule has 0 saturated heterocycles. The smallest absolute Gasteiger partial charge is 0.221 e. The molecule has 0 bridgehead atoms. The van der Waals surface area contributed by atoms with Gasteiger partial charge < -0.3 is 4.74 Å². The fourth-order valence-corrected chi connectivity index (χ4v) is 1.55. The number of benzene rings is 1. The Labute approximate surface area is 104 Å². The molecule has 0 aliphatic carbocycles. The Morgan fingerprint density at radius 2 is 1.94 bits per heavy atom. The molecule has 0 atom stereocenters. The average molecular weight is 236 g/mol. The van der Waals surface area contributed by atoms with Crippen LogP contribution in [-0.2, 0) is 0 Å². The number of hydrogen-bond acceptors (Lipinski definition) is 3. The standard InChI is InChI=1S/C14H10N3O/c1-2-6-12(7-3-1)18-14-9-4-8-13(16-14)17-11-5-10-15-17/h2-11H. The first-order chi connectivity index (χ1) is 8.92. The lowest BCUT2D eigenvalue weighted by atomic mass is 10.3. The highest BCUT2D eigenvalue weighted by molar-refractivity contribution is 5.30. The van der Waals surface area contributed by atoms with E-state index >= 15 is 0 Å². The molecule has 3 rings (SSSR count). The average Bonchev–Trinajstić information content (AvgIpc) is 2.94. The number of aromatic nitrogens is 3. The van der Waals surface area contributed by atoms with E-state index in [1.807, 2.05) is 42.6 Å². The quantitative estimate of drug-likeness (QED) is 0.702. The Kier molecular flexibility index (Phi) is 2.75. The first kappa shape index (κ1) is 10.5. The maximum Gasteiger partial charge on any atom is 0.221 e. The predicted molar refractivity (Wildman–Crippen MR) is 66.7 cm³/mol. The summed E-state index contributed by atoms with van der Waals surface area (Å²) in [6.45, 7) is 0. The van der Waals surface area contributed by atoms with Gasteiger partial charge in [0.15, 0.2) is 5.82 Å². The minimum atomic E-state index is 0.536. The molecule has 4 nitrogen and oxygen atoms in total. The molecule has 0 amide bonds. The summed E-state index contributed by atoms with van der Waals surface area (Å²) in [7, 11) is 0. The van der Waals surface area contributed by atoms with Gasteiger partial charge >= 0.3 is 0 Å². The van der Waals surface area contributed by atoms with Crippen molar-refractivity contribution in [2.24, 2.45) is 0 Å². The molecule has 0 spiro atoms. The minimum absolute atomic E-state index is 0.536. The van der Waals surface area contributed by atoms with Gasteiger partial charge in [0.2, 0.25) is 5.88 Å². The van der Waals surface area contributed by atoms with E-state index in [2.05, 4.69) is 16.1 Å². The van der Waals surface area contributed by atoms with Crippen molar-refractivity contribution in [1.82, 2.24) is 14.8 Å². The molecule has 2 heterocycles. The molecule has 87 valence electrons. The molecule has 3 aromatic rings. The summed E-state index contributed by atoms with van der Waals surface area (Å²) < 4.78 is 7.33. The van der Waals surface area contributed by atoms with Crippen molar-refractivity contribution in [2.45, 2.75) is 0 Å². The lowest BCUT2D eigenvalue weighted by Gasteiger charge is -2.06. The molecular formula is C14H10N3O. The van der Waals surface area contributed by atoms with E-state index in [1.54, 1.807) is 23.0 Å². The van der Waals surface area contributed by atoms with Crippen LogP contribution >= 0.6 is 0 Å². The molecule has 0 aliphatic heterocycles. The molecule has 0 saturated carbocycles. The summed E-state index contributed by atoms with van der Waals surface area (Å²) in [4.78, 5) is 4.38. The Morgan fingerprint density at radius 3 is 2.72 bits per heavy atom. The molecule has 2 aromatic heterocycles. The summed E-state index contributed by atoms with van der Waals surface area (Å²) in [5.41, 5.74) is 0. The van der Waals surface area contributed by atoms with Crippen molar-refractivity contribution >= 4 is 0 Å². The molecule has 18 heavy (non-hydrogen) atoms. The Balaban J connectivity index is 1.88. The minimum Gasteiger partial charge on any atom is -0.439 e. The van der Waals surface area contributed by atoms with E-state index in [-0.39, 0.29) is 0 Å². The van der Waals surface area contributed by atoms with Crippen molar-refractivity contribution in [2.75, 3.05) is 0 Å².